The highest BCUT2D eigenvalue weighted by Gasteiger charge is 2.42. The van der Waals surface area contributed by atoms with E-state index in [1.807, 2.05) is 12.1 Å². The fourth-order valence-electron chi connectivity index (χ4n) is 5.57. The first-order valence-corrected chi connectivity index (χ1v) is 11.1. The molecule has 2 aromatic carbocycles. The second kappa shape index (κ2) is 9.24. The second-order valence-corrected chi connectivity index (χ2v) is 8.66. The molecular formula is C26H36O2. The number of hydrogen-bond acceptors (Lipinski definition) is 2. The molecule has 0 heterocycles. The van der Waals surface area contributed by atoms with Crippen LogP contribution in [0.1, 0.15) is 88.2 Å². The van der Waals surface area contributed by atoms with Crippen LogP contribution in [0.25, 0.3) is 0 Å². The van der Waals surface area contributed by atoms with Crippen molar-refractivity contribution in [3.05, 3.63) is 71.8 Å². The number of benzene rings is 2. The highest BCUT2D eigenvalue weighted by atomic mass is 16.3. The van der Waals surface area contributed by atoms with E-state index in [-0.39, 0.29) is 11.8 Å². The predicted octanol–water partition coefficient (Wildman–Crippen LogP) is 6.19. The third-order valence-corrected chi connectivity index (χ3v) is 6.96. The molecular weight excluding hydrogens is 344 g/mol. The molecule has 0 bridgehead atoms. The number of aliphatic hydroxyl groups is 2. The quantitative estimate of drug-likeness (QED) is 0.627. The third kappa shape index (κ3) is 4.50. The van der Waals surface area contributed by atoms with Gasteiger partial charge in [0, 0.05) is 11.8 Å². The lowest BCUT2D eigenvalue weighted by atomic mass is 9.68. The molecule has 0 amide bonds. The molecule has 3 rings (SSSR count). The molecule has 1 aliphatic rings. The van der Waals surface area contributed by atoms with Crippen LogP contribution in [0.5, 0.6) is 0 Å². The smallest absolute Gasteiger partial charge is 0.0715 e. The maximum atomic E-state index is 11.6. The Hall–Kier alpha value is -1.64. The lowest BCUT2D eigenvalue weighted by Crippen LogP contribution is -2.42. The van der Waals surface area contributed by atoms with Crippen LogP contribution in [0.3, 0.4) is 0 Å². The van der Waals surface area contributed by atoms with Gasteiger partial charge >= 0.3 is 0 Å². The van der Waals surface area contributed by atoms with Gasteiger partial charge < -0.3 is 10.2 Å². The van der Waals surface area contributed by atoms with E-state index in [0.717, 1.165) is 51.4 Å². The Morgan fingerprint density at radius 2 is 0.964 bits per heavy atom. The molecule has 2 atom stereocenters. The molecule has 2 N–H and O–H groups in total. The first-order valence-electron chi connectivity index (χ1n) is 11.1. The zero-order valence-electron chi connectivity index (χ0n) is 17.5. The Kier molecular flexibility index (Phi) is 6.95. The van der Waals surface area contributed by atoms with E-state index in [1.54, 1.807) is 0 Å². The summed E-state index contributed by atoms with van der Waals surface area (Å²) in [6.45, 7) is 4.35. The van der Waals surface area contributed by atoms with Crippen LogP contribution >= 0.6 is 0 Å². The standard InChI is InChI=1S/C26H36O2/c1-3-23(21-13-7-5-8-14-21)25(27)17-11-19-26(28,20-12-18-25)24(4-2)22-15-9-6-10-16-22/h5-10,13-16,23-24,27-28H,3-4,11-12,17-20H2,1-2H3. The Balaban J connectivity index is 1.75. The van der Waals surface area contributed by atoms with Crippen molar-refractivity contribution in [3.63, 3.8) is 0 Å². The van der Waals surface area contributed by atoms with Gasteiger partial charge in [-0.25, -0.2) is 0 Å². The highest BCUT2D eigenvalue weighted by molar-refractivity contribution is 5.25. The van der Waals surface area contributed by atoms with E-state index in [9.17, 15) is 10.2 Å². The lowest BCUT2D eigenvalue weighted by molar-refractivity contribution is -0.0579. The average molecular weight is 381 g/mol. The Bertz CT molecular complexity index is 638. The third-order valence-electron chi connectivity index (χ3n) is 6.96. The van der Waals surface area contributed by atoms with Crippen LogP contribution in [0.4, 0.5) is 0 Å². The monoisotopic (exact) mass is 380 g/mol. The molecule has 2 heteroatoms. The fraction of sp³-hybridized carbons (Fsp3) is 0.538. The van der Waals surface area contributed by atoms with E-state index < -0.39 is 11.2 Å². The van der Waals surface area contributed by atoms with E-state index in [0.29, 0.717) is 0 Å². The minimum atomic E-state index is -0.675. The summed E-state index contributed by atoms with van der Waals surface area (Å²) in [5.41, 5.74) is 1.12. The minimum Gasteiger partial charge on any atom is -0.389 e. The lowest BCUT2D eigenvalue weighted by Gasteiger charge is -2.43. The van der Waals surface area contributed by atoms with Crippen LogP contribution in [0, 0.1) is 0 Å². The van der Waals surface area contributed by atoms with Gasteiger partial charge in [0.2, 0.25) is 0 Å². The molecule has 1 fully saturated rings. The van der Waals surface area contributed by atoms with Crippen molar-refractivity contribution < 1.29 is 10.2 Å². The van der Waals surface area contributed by atoms with Crippen LogP contribution in [0.2, 0.25) is 0 Å². The summed E-state index contributed by atoms with van der Waals surface area (Å²) in [6.07, 6.45) is 6.63. The molecule has 0 spiro atoms. The first kappa shape index (κ1) is 21.1. The second-order valence-electron chi connectivity index (χ2n) is 8.66. The topological polar surface area (TPSA) is 40.5 Å². The maximum Gasteiger partial charge on any atom is 0.0715 e. The van der Waals surface area contributed by atoms with Gasteiger partial charge in [-0.3, -0.25) is 0 Å². The predicted molar refractivity (Wildman–Crippen MR) is 117 cm³/mol. The Labute approximate surface area is 170 Å². The van der Waals surface area contributed by atoms with E-state index in [2.05, 4.69) is 62.4 Å². The van der Waals surface area contributed by atoms with Gasteiger partial charge in [-0.1, -0.05) is 74.5 Å². The molecule has 2 nitrogen and oxygen atoms in total. The number of rotatable bonds is 6. The summed E-state index contributed by atoms with van der Waals surface area (Å²) in [5, 5.41) is 23.2. The summed E-state index contributed by atoms with van der Waals surface area (Å²) >= 11 is 0. The van der Waals surface area contributed by atoms with Crippen LogP contribution in [-0.2, 0) is 0 Å². The van der Waals surface area contributed by atoms with Gasteiger partial charge in [-0.05, 0) is 62.5 Å². The molecule has 0 aromatic heterocycles. The molecule has 28 heavy (non-hydrogen) atoms. The summed E-state index contributed by atoms with van der Waals surface area (Å²) in [7, 11) is 0. The van der Waals surface area contributed by atoms with Crippen molar-refractivity contribution in [2.45, 2.75) is 88.3 Å². The van der Waals surface area contributed by atoms with E-state index in [4.69, 9.17) is 0 Å². The zero-order chi connectivity index (χ0) is 20.0. The Morgan fingerprint density at radius 1 is 0.643 bits per heavy atom. The summed E-state index contributed by atoms with van der Waals surface area (Å²) in [5.74, 6) is 0.326. The van der Waals surface area contributed by atoms with Gasteiger partial charge in [0.05, 0.1) is 11.2 Å². The van der Waals surface area contributed by atoms with Crippen LogP contribution < -0.4 is 0 Å². The van der Waals surface area contributed by atoms with Gasteiger partial charge in [0.1, 0.15) is 0 Å². The van der Waals surface area contributed by atoms with Crippen LogP contribution in [0.15, 0.2) is 60.7 Å². The Morgan fingerprint density at radius 3 is 1.25 bits per heavy atom. The molecule has 0 saturated heterocycles. The zero-order valence-corrected chi connectivity index (χ0v) is 17.5. The fourth-order valence-corrected chi connectivity index (χ4v) is 5.57. The van der Waals surface area contributed by atoms with Crippen molar-refractivity contribution >= 4 is 0 Å². The summed E-state index contributed by atoms with van der Waals surface area (Å²) < 4.78 is 0. The highest BCUT2D eigenvalue weighted by Crippen LogP contribution is 2.45. The van der Waals surface area contributed by atoms with Crippen molar-refractivity contribution in [2.24, 2.45) is 0 Å². The van der Waals surface area contributed by atoms with Gasteiger partial charge in [-0.15, -0.1) is 0 Å². The molecule has 1 aliphatic carbocycles. The number of hydrogen-bond donors (Lipinski definition) is 2. The normalized spacial score (nSPS) is 28.1. The largest absolute Gasteiger partial charge is 0.389 e. The maximum absolute atomic E-state index is 11.6. The SMILES string of the molecule is CCC(c1ccccc1)C1(O)CCCC(O)(C(CC)c2ccccc2)CCC1. The van der Waals surface area contributed by atoms with E-state index >= 15 is 0 Å². The van der Waals surface area contributed by atoms with Gasteiger partial charge in [-0.2, -0.15) is 0 Å². The van der Waals surface area contributed by atoms with E-state index in [1.165, 1.54) is 11.1 Å². The molecule has 0 radical (unpaired) electrons. The molecule has 152 valence electrons. The van der Waals surface area contributed by atoms with Gasteiger partial charge in [0.25, 0.3) is 0 Å². The van der Waals surface area contributed by atoms with Gasteiger partial charge in [0.15, 0.2) is 0 Å². The van der Waals surface area contributed by atoms with Crippen molar-refractivity contribution in [3.8, 4) is 0 Å². The first-order chi connectivity index (χ1) is 13.5. The molecule has 1 saturated carbocycles. The van der Waals surface area contributed by atoms with Crippen molar-refractivity contribution in [2.75, 3.05) is 0 Å². The van der Waals surface area contributed by atoms with Crippen LogP contribution in [-0.4, -0.2) is 21.4 Å². The van der Waals surface area contributed by atoms with Crippen molar-refractivity contribution in [1.29, 1.82) is 0 Å². The van der Waals surface area contributed by atoms with Crippen molar-refractivity contribution in [1.82, 2.24) is 0 Å². The molecule has 2 unspecified atom stereocenters. The average Bonchev–Trinajstić information content (AvgIpc) is 2.69. The molecule has 0 aliphatic heterocycles. The minimum absolute atomic E-state index is 0.163. The summed E-state index contributed by atoms with van der Waals surface area (Å²) in [6, 6.07) is 20.9. The molecule has 2 aromatic rings. The summed E-state index contributed by atoms with van der Waals surface area (Å²) in [4.78, 5) is 0.